The van der Waals surface area contributed by atoms with E-state index in [0.29, 0.717) is 16.3 Å². The van der Waals surface area contributed by atoms with Crippen LogP contribution in [0.5, 0.6) is 0 Å². The van der Waals surface area contributed by atoms with Crippen molar-refractivity contribution >= 4 is 46.1 Å². The van der Waals surface area contributed by atoms with Crippen LogP contribution in [0.4, 0.5) is 8.78 Å². The molecule has 0 atom stereocenters. The van der Waals surface area contributed by atoms with Crippen LogP contribution in [-0.4, -0.2) is 25.3 Å². The SMILES string of the molecule is CCCCSc1nc(Cl)c2ncn(Cc3c(F)ccc(Cl)c3F)c2n1. The average molecular weight is 403 g/mol. The van der Waals surface area contributed by atoms with E-state index >= 15 is 0 Å². The van der Waals surface area contributed by atoms with Crippen molar-refractivity contribution in [2.75, 3.05) is 5.75 Å². The van der Waals surface area contributed by atoms with Crippen LogP contribution < -0.4 is 0 Å². The fourth-order valence-electron chi connectivity index (χ4n) is 2.26. The fraction of sp³-hybridized carbons (Fsp3) is 0.312. The Morgan fingerprint density at radius 2 is 2.00 bits per heavy atom. The summed E-state index contributed by atoms with van der Waals surface area (Å²) in [5.41, 5.74) is 0.670. The summed E-state index contributed by atoms with van der Waals surface area (Å²) >= 11 is 13.4. The molecule has 2 aromatic heterocycles. The van der Waals surface area contributed by atoms with Gasteiger partial charge in [0.2, 0.25) is 0 Å². The molecular weight excluding hydrogens is 389 g/mol. The first-order chi connectivity index (χ1) is 12.0. The van der Waals surface area contributed by atoms with Crippen LogP contribution in [0.15, 0.2) is 23.6 Å². The minimum Gasteiger partial charge on any atom is -0.310 e. The topological polar surface area (TPSA) is 43.6 Å². The predicted octanol–water partition coefficient (Wildman–Crippen LogP) is 5.35. The number of hydrogen-bond donors (Lipinski definition) is 0. The van der Waals surface area contributed by atoms with Gasteiger partial charge in [-0.25, -0.2) is 23.7 Å². The maximum Gasteiger partial charge on any atom is 0.191 e. The first-order valence-electron chi connectivity index (χ1n) is 7.64. The van der Waals surface area contributed by atoms with Gasteiger partial charge in [0, 0.05) is 11.3 Å². The highest BCUT2D eigenvalue weighted by molar-refractivity contribution is 7.99. The molecule has 132 valence electrons. The molecule has 9 heteroatoms. The van der Waals surface area contributed by atoms with Gasteiger partial charge in [0.1, 0.15) is 17.2 Å². The third-order valence-electron chi connectivity index (χ3n) is 3.60. The van der Waals surface area contributed by atoms with Gasteiger partial charge >= 0.3 is 0 Å². The summed E-state index contributed by atoms with van der Waals surface area (Å²) in [6, 6.07) is 2.32. The van der Waals surface area contributed by atoms with E-state index < -0.39 is 11.6 Å². The lowest BCUT2D eigenvalue weighted by atomic mass is 10.2. The summed E-state index contributed by atoms with van der Waals surface area (Å²) in [5.74, 6) is -0.605. The molecule has 0 unspecified atom stereocenters. The number of benzene rings is 1. The molecule has 25 heavy (non-hydrogen) atoms. The van der Waals surface area contributed by atoms with E-state index in [1.54, 1.807) is 0 Å². The Morgan fingerprint density at radius 3 is 2.76 bits per heavy atom. The van der Waals surface area contributed by atoms with Gasteiger partial charge in [-0.15, -0.1) is 0 Å². The summed E-state index contributed by atoms with van der Waals surface area (Å²) < 4.78 is 29.7. The molecular formula is C16H14Cl2F2N4S. The predicted molar refractivity (Wildman–Crippen MR) is 96.4 cm³/mol. The molecule has 0 N–H and O–H groups in total. The van der Waals surface area contributed by atoms with Gasteiger partial charge in [0.05, 0.1) is 17.9 Å². The van der Waals surface area contributed by atoms with Crippen molar-refractivity contribution in [1.82, 2.24) is 19.5 Å². The van der Waals surface area contributed by atoms with E-state index in [4.69, 9.17) is 23.2 Å². The van der Waals surface area contributed by atoms with E-state index in [0.717, 1.165) is 24.7 Å². The number of nitrogens with zero attached hydrogens (tertiary/aromatic N) is 4. The smallest absolute Gasteiger partial charge is 0.191 e. The molecule has 0 bridgehead atoms. The van der Waals surface area contributed by atoms with Crippen molar-refractivity contribution in [2.24, 2.45) is 0 Å². The molecule has 0 fully saturated rings. The number of halogens is 4. The molecule has 0 radical (unpaired) electrons. The van der Waals surface area contributed by atoms with Crippen molar-refractivity contribution in [3.8, 4) is 0 Å². The number of imidazole rings is 1. The maximum absolute atomic E-state index is 14.1. The third-order valence-corrected chi connectivity index (χ3v) is 5.09. The zero-order valence-electron chi connectivity index (χ0n) is 13.3. The first kappa shape index (κ1) is 18.4. The molecule has 3 aromatic rings. The van der Waals surface area contributed by atoms with Crippen molar-refractivity contribution in [3.63, 3.8) is 0 Å². The lowest BCUT2D eigenvalue weighted by molar-refractivity contribution is 0.546. The number of rotatable bonds is 6. The van der Waals surface area contributed by atoms with Crippen LogP contribution >= 0.6 is 35.0 Å². The normalized spacial score (nSPS) is 11.4. The second kappa shape index (κ2) is 7.85. The summed E-state index contributed by atoms with van der Waals surface area (Å²) in [6.07, 6.45) is 3.53. The van der Waals surface area contributed by atoms with E-state index in [9.17, 15) is 8.78 Å². The molecule has 0 spiro atoms. The van der Waals surface area contributed by atoms with Gasteiger partial charge in [0.25, 0.3) is 0 Å². The Morgan fingerprint density at radius 1 is 1.20 bits per heavy atom. The fourth-order valence-corrected chi connectivity index (χ4v) is 3.63. The van der Waals surface area contributed by atoms with Gasteiger partial charge in [0.15, 0.2) is 16.0 Å². The molecule has 1 aromatic carbocycles. The molecule has 0 aliphatic carbocycles. The highest BCUT2D eigenvalue weighted by atomic mass is 35.5. The Hall–Kier alpha value is -1.44. The van der Waals surface area contributed by atoms with Crippen molar-refractivity contribution in [1.29, 1.82) is 0 Å². The highest BCUT2D eigenvalue weighted by Crippen LogP contribution is 2.26. The Balaban J connectivity index is 1.98. The van der Waals surface area contributed by atoms with Gasteiger partial charge in [-0.2, -0.15) is 0 Å². The average Bonchev–Trinajstić information content (AvgIpc) is 2.99. The Kier molecular flexibility index (Phi) is 5.76. The van der Waals surface area contributed by atoms with Crippen molar-refractivity contribution in [3.05, 3.63) is 45.8 Å². The third kappa shape index (κ3) is 3.88. The summed E-state index contributed by atoms with van der Waals surface area (Å²) in [6.45, 7) is 2.00. The number of fused-ring (bicyclic) bond motifs is 1. The van der Waals surface area contributed by atoms with Crippen LogP contribution in [0, 0.1) is 11.6 Å². The van der Waals surface area contributed by atoms with Crippen molar-refractivity contribution in [2.45, 2.75) is 31.5 Å². The zero-order valence-corrected chi connectivity index (χ0v) is 15.6. The maximum atomic E-state index is 14.1. The van der Waals surface area contributed by atoms with Gasteiger partial charge in [-0.05, 0) is 18.6 Å². The minimum atomic E-state index is -0.791. The van der Waals surface area contributed by atoms with E-state index in [2.05, 4.69) is 21.9 Å². The first-order valence-corrected chi connectivity index (χ1v) is 9.39. The molecule has 0 aliphatic rings. The Bertz CT molecular complexity index is 917. The second-order valence-corrected chi connectivity index (χ2v) is 7.19. The monoisotopic (exact) mass is 402 g/mol. The highest BCUT2D eigenvalue weighted by Gasteiger charge is 2.17. The quantitative estimate of drug-likeness (QED) is 0.183. The number of thioether (sulfide) groups is 1. The number of unbranched alkanes of at least 4 members (excludes halogenated alkanes) is 1. The lowest BCUT2D eigenvalue weighted by Gasteiger charge is -2.08. The minimum absolute atomic E-state index is 0.0961. The lowest BCUT2D eigenvalue weighted by Crippen LogP contribution is -2.05. The molecule has 0 saturated heterocycles. The molecule has 2 heterocycles. The Labute approximate surface area is 157 Å². The van der Waals surface area contributed by atoms with Gasteiger partial charge in [-0.1, -0.05) is 48.3 Å². The largest absolute Gasteiger partial charge is 0.310 e. The molecule has 3 rings (SSSR count). The van der Waals surface area contributed by atoms with Crippen LogP contribution in [0.2, 0.25) is 10.2 Å². The van der Waals surface area contributed by atoms with Crippen LogP contribution in [0.25, 0.3) is 11.2 Å². The summed E-state index contributed by atoms with van der Waals surface area (Å²) in [5, 5.41) is 0.596. The van der Waals surface area contributed by atoms with E-state index in [1.807, 2.05) is 0 Å². The van der Waals surface area contributed by atoms with Gasteiger partial charge < -0.3 is 4.57 Å². The molecule has 0 amide bonds. The molecule has 0 saturated carbocycles. The number of hydrogen-bond acceptors (Lipinski definition) is 4. The van der Waals surface area contributed by atoms with Crippen LogP contribution in [0.1, 0.15) is 25.3 Å². The zero-order chi connectivity index (χ0) is 18.0. The number of aromatic nitrogens is 4. The van der Waals surface area contributed by atoms with Gasteiger partial charge in [-0.3, -0.25) is 0 Å². The molecule has 0 aliphatic heterocycles. The van der Waals surface area contributed by atoms with Crippen LogP contribution in [-0.2, 0) is 6.54 Å². The van der Waals surface area contributed by atoms with E-state index in [1.165, 1.54) is 28.7 Å². The van der Waals surface area contributed by atoms with Crippen molar-refractivity contribution < 1.29 is 8.78 Å². The van der Waals surface area contributed by atoms with Crippen LogP contribution in [0.3, 0.4) is 0 Å². The standard InChI is InChI=1S/C16H14Cl2F2N4S/c1-2-3-6-25-16-22-14(18)13-15(23-16)24(8-21-13)7-9-11(19)5-4-10(17)12(9)20/h4-5,8H,2-3,6-7H2,1H3. The van der Waals surface area contributed by atoms with E-state index in [-0.39, 0.29) is 22.3 Å². The summed E-state index contributed by atoms with van der Waals surface area (Å²) in [7, 11) is 0. The summed E-state index contributed by atoms with van der Waals surface area (Å²) in [4.78, 5) is 12.8. The second-order valence-electron chi connectivity index (χ2n) is 5.37. The molecule has 4 nitrogen and oxygen atoms in total.